The molecule has 0 aliphatic carbocycles. The van der Waals surface area contributed by atoms with Crippen molar-refractivity contribution in [1.82, 2.24) is 5.32 Å². The predicted molar refractivity (Wildman–Crippen MR) is 94.6 cm³/mol. The van der Waals surface area contributed by atoms with Crippen molar-refractivity contribution in [3.05, 3.63) is 23.8 Å². The topological polar surface area (TPSA) is 140 Å². The highest BCUT2D eigenvalue weighted by Crippen LogP contribution is 2.21. The van der Waals surface area contributed by atoms with Crippen LogP contribution in [-0.4, -0.2) is 62.3 Å². The van der Waals surface area contributed by atoms with Crippen molar-refractivity contribution >= 4 is 23.6 Å². The molecule has 8 nitrogen and oxygen atoms in total. The highest BCUT2D eigenvalue weighted by molar-refractivity contribution is 6.46. The zero-order chi connectivity index (χ0) is 20.3. The van der Waals surface area contributed by atoms with Gasteiger partial charge < -0.3 is 31.4 Å². The fraction of sp³-hybridized carbons (Fsp3) is 0.438. The second-order valence-corrected chi connectivity index (χ2v) is 5.17. The maximum absolute atomic E-state index is 12.3. The number of carbonyl (C=O) groups excluding carboxylic acids is 2. The molecule has 26 heavy (non-hydrogen) atoms. The van der Waals surface area contributed by atoms with Crippen LogP contribution in [0.25, 0.3) is 0 Å². The number of ether oxygens (including phenoxy) is 1. The van der Waals surface area contributed by atoms with Gasteiger partial charge in [-0.3, -0.25) is 9.79 Å². The Labute approximate surface area is 150 Å². The van der Waals surface area contributed by atoms with Gasteiger partial charge in [0.05, 0.1) is 6.61 Å². The number of amides is 1. The number of nitrogens with zero attached hydrogens (tertiary/aromatic N) is 1. The smallest absolute Gasteiger partial charge is 0.272 e. The lowest BCUT2D eigenvalue weighted by atomic mass is 10.0. The molecule has 0 heterocycles. The molecular formula is C16H24F2N4O4. The Kier molecular flexibility index (Phi) is 10.0. The van der Waals surface area contributed by atoms with Crippen molar-refractivity contribution in [2.24, 2.45) is 10.7 Å². The Hall–Kier alpha value is -2.59. The average molecular weight is 374 g/mol. The molecule has 0 aliphatic heterocycles. The highest BCUT2D eigenvalue weighted by atomic mass is 19.3. The monoisotopic (exact) mass is 374 g/mol. The van der Waals surface area contributed by atoms with Gasteiger partial charge in [0.15, 0.2) is 0 Å². The van der Waals surface area contributed by atoms with E-state index in [0.717, 1.165) is 0 Å². The summed E-state index contributed by atoms with van der Waals surface area (Å²) in [7, 11) is 2.83. The third-order valence-electron chi connectivity index (χ3n) is 3.08. The first-order valence-corrected chi connectivity index (χ1v) is 7.51. The molecular weight excluding hydrogens is 350 g/mol. The minimum atomic E-state index is -2.65. The third kappa shape index (κ3) is 6.73. The van der Waals surface area contributed by atoms with Gasteiger partial charge in [0.2, 0.25) is 0 Å². The summed E-state index contributed by atoms with van der Waals surface area (Å²) in [6.07, 6.45) is -2.25. The van der Waals surface area contributed by atoms with E-state index in [1.807, 2.05) is 0 Å². The van der Waals surface area contributed by atoms with Crippen LogP contribution in [0.3, 0.4) is 0 Å². The summed E-state index contributed by atoms with van der Waals surface area (Å²) in [5.41, 5.74) is 9.03. The maximum atomic E-state index is 12.3. The quantitative estimate of drug-likeness (QED) is 0.286. The van der Waals surface area contributed by atoms with E-state index in [0.29, 0.717) is 6.29 Å². The zero-order valence-electron chi connectivity index (χ0n) is 14.8. The lowest BCUT2D eigenvalue weighted by Gasteiger charge is -2.22. The normalized spacial score (nSPS) is 13.3. The van der Waals surface area contributed by atoms with Crippen molar-refractivity contribution in [1.29, 1.82) is 0 Å². The molecule has 0 saturated carbocycles. The van der Waals surface area contributed by atoms with Crippen LogP contribution in [0.1, 0.15) is 12.5 Å². The zero-order valence-corrected chi connectivity index (χ0v) is 14.8. The fourth-order valence-corrected chi connectivity index (χ4v) is 1.76. The molecule has 1 amide bonds. The first-order valence-electron chi connectivity index (χ1n) is 7.51. The second kappa shape index (κ2) is 11.1. The van der Waals surface area contributed by atoms with Gasteiger partial charge in [0.1, 0.15) is 29.9 Å². The molecule has 1 rings (SSSR count). The molecule has 1 unspecified atom stereocenters. The standard InChI is InChI=1S/C15H19F2N3O4.CH5N/c1-15(7-21,8-22)20-14(23)13(19-2)10-5-9(3-4-11(10)18)24-6-12(16)17;1-2/h3-5,7,12,22H,6,8,18H2,1-2H3,(H,20,23);2H2,1H3. The Morgan fingerprint density at radius 3 is 2.54 bits per heavy atom. The van der Waals surface area contributed by atoms with E-state index < -0.39 is 31.1 Å². The number of aldehydes is 1. The van der Waals surface area contributed by atoms with E-state index >= 15 is 0 Å². The number of hydrogen-bond donors (Lipinski definition) is 4. The largest absolute Gasteiger partial charge is 0.488 e. The number of hydrogen-bond acceptors (Lipinski definition) is 7. The lowest BCUT2D eigenvalue weighted by molar-refractivity contribution is -0.122. The molecule has 10 heteroatoms. The number of nitrogens with two attached hydrogens (primary N) is 2. The van der Waals surface area contributed by atoms with E-state index in [-0.39, 0.29) is 22.7 Å². The van der Waals surface area contributed by atoms with E-state index in [2.05, 4.69) is 16.0 Å². The van der Waals surface area contributed by atoms with Crippen LogP contribution >= 0.6 is 0 Å². The van der Waals surface area contributed by atoms with Gasteiger partial charge in [-0.25, -0.2) is 8.78 Å². The summed E-state index contributed by atoms with van der Waals surface area (Å²) < 4.78 is 29.3. The number of aliphatic imine (C=N–C) groups is 1. The van der Waals surface area contributed by atoms with Crippen LogP contribution in [-0.2, 0) is 9.59 Å². The number of aliphatic hydroxyl groups excluding tert-OH is 1. The van der Waals surface area contributed by atoms with E-state index in [1.165, 1.54) is 39.2 Å². The number of nitrogens with one attached hydrogen (secondary N) is 1. The lowest BCUT2D eigenvalue weighted by Crippen LogP contribution is -2.52. The molecule has 0 spiro atoms. The molecule has 0 bridgehead atoms. The molecule has 0 radical (unpaired) electrons. The van der Waals surface area contributed by atoms with Gasteiger partial charge in [0, 0.05) is 18.3 Å². The van der Waals surface area contributed by atoms with E-state index in [4.69, 9.17) is 10.5 Å². The molecule has 146 valence electrons. The first kappa shape index (κ1) is 23.4. The molecule has 0 aliphatic rings. The minimum Gasteiger partial charge on any atom is -0.488 e. The summed E-state index contributed by atoms with van der Waals surface area (Å²) in [5.74, 6) is -0.660. The first-order chi connectivity index (χ1) is 12.3. The maximum Gasteiger partial charge on any atom is 0.272 e. The number of rotatable bonds is 8. The Morgan fingerprint density at radius 2 is 2.08 bits per heavy atom. The molecule has 1 atom stereocenters. The van der Waals surface area contributed by atoms with Crippen LogP contribution in [0.15, 0.2) is 23.2 Å². The van der Waals surface area contributed by atoms with Crippen LogP contribution < -0.4 is 21.5 Å². The highest BCUT2D eigenvalue weighted by Gasteiger charge is 2.28. The number of benzene rings is 1. The summed E-state index contributed by atoms with van der Waals surface area (Å²) in [5, 5.41) is 11.5. The number of carbonyl (C=O) groups is 2. The average Bonchev–Trinajstić information content (AvgIpc) is 2.64. The van der Waals surface area contributed by atoms with Gasteiger partial charge in [0.25, 0.3) is 12.3 Å². The number of alkyl halides is 2. The Morgan fingerprint density at radius 1 is 1.46 bits per heavy atom. The Balaban J connectivity index is 0.00000301. The molecule has 0 aromatic heterocycles. The van der Waals surface area contributed by atoms with E-state index in [9.17, 15) is 23.5 Å². The molecule has 1 aromatic rings. The van der Waals surface area contributed by atoms with Crippen molar-refractivity contribution < 1.29 is 28.2 Å². The fourth-order valence-electron chi connectivity index (χ4n) is 1.76. The van der Waals surface area contributed by atoms with Crippen LogP contribution in [0.2, 0.25) is 0 Å². The second-order valence-electron chi connectivity index (χ2n) is 5.17. The van der Waals surface area contributed by atoms with Gasteiger partial charge in [-0.1, -0.05) is 0 Å². The van der Waals surface area contributed by atoms with Crippen LogP contribution in [0, 0.1) is 0 Å². The summed E-state index contributed by atoms with van der Waals surface area (Å²) in [4.78, 5) is 27.1. The summed E-state index contributed by atoms with van der Waals surface area (Å²) in [6.45, 7) is -0.0785. The van der Waals surface area contributed by atoms with Crippen molar-refractivity contribution in [3.8, 4) is 5.75 Å². The van der Waals surface area contributed by atoms with Crippen molar-refractivity contribution in [2.75, 3.05) is 33.0 Å². The van der Waals surface area contributed by atoms with Gasteiger partial charge in [-0.05, 0) is 32.2 Å². The van der Waals surface area contributed by atoms with Gasteiger partial charge in [-0.2, -0.15) is 0 Å². The number of halogens is 2. The molecule has 6 N–H and O–H groups in total. The molecule has 1 aromatic carbocycles. The third-order valence-corrected chi connectivity index (χ3v) is 3.08. The number of anilines is 1. The summed E-state index contributed by atoms with van der Waals surface area (Å²) >= 11 is 0. The van der Waals surface area contributed by atoms with Gasteiger partial charge >= 0.3 is 0 Å². The predicted octanol–water partition coefficient (Wildman–Crippen LogP) is -0.0274. The van der Waals surface area contributed by atoms with Crippen molar-refractivity contribution in [3.63, 3.8) is 0 Å². The molecule has 0 saturated heterocycles. The SMILES string of the molecule is CN.CN=C(C(=O)NC(C)(C=O)CO)c1cc(OCC(F)F)ccc1N. The minimum absolute atomic E-state index is 0.0914. The molecule has 0 fully saturated rings. The summed E-state index contributed by atoms with van der Waals surface area (Å²) in [6, 6.07) is 4.08. The number of aliphatic hydroxyl groups is 1. The van der Waals surface area contributed by atoms with Crippen LogP contribution in [0.4, 0.5) is 14.5 Å². The number of nitrogen functional groups attached to an aromatic ring is 1. The van der Waals surface area contributed by atoms with Gasteiger partial charge in [-0.15, -0.1) is 0 Å². The van der Waals surface area contributed by atoms with Crippen LogP contribution in [0.5, 0.6) is 5.75 Å². The van der Waals surface area contributed by atoms with Crippen molar-refractivity contribution in [2.45, 2.75) is 18.9 Å². The Bertz CT molecular complexity index is 641. The van der Waals surface area contributed by atoms with E-state index in [1.54, 1.807) is 0 Å².